The quantitative estimate of drug-likeness (QED) is 0.693. The van der Waals surface area contributed by atoms with Crippen LogP contribution < -0.4 is 0 Å². The first kappa shape index (κ1) is 12.1. The van der Waals surface area contributed by atoms with Crippen molar-refractivity contribution in [2.45, 2.75) is 45.1 Å². The molecule has 1 N–H and O–H groups in total. The first-order valence-corrected chi connectivity index (χ1v) is 5.65. The van der Waals surface area contributed by atoms with Crippen LogP contribution in [0.1, 0.15) is 39.0 Å². The SMILES string of the molecule is CCC#CCCC(=O)N1CCC(O)CC1. The van der Waals surface area contributed by atoms with E-state index >= 15 is 0 Å². The Labute approximate surface area is 91.5 Å². The first-order valence-electron chi connectivity index (χ1n) is 5.65. The van der Waals surface area contributed by atoms with Gasteiger partial charge in [0.05, 0.1) is 6.10 Å². The molecule has 0 aliphatic carbocycles. The van der Waals surface area contributed by atoms with Gasteiger partial charge in [-0.05, 0) is 12.8 Å². The van der Waals surface area contributed by atoms with Gasteiger partial charge in [-0.3, -0.25) is 4.79 Å². The number of aliphatic hydroxyl groups excluding tert-OH is 1. The number of amides is 1. The lowest BCUT2D eigenvalue weighted by Crippen LogP contribution is -2.39. The lowest BCUT2D eigenvalue weighted by atomic mass is 10.1. The van der Waals surface area contributed by atoms with Crippen molar-refractivity contribution in [3.05, 3.63) is 0 Å². The fraction of sp³-hybridized carbons (Fsp3) is 0.750. The van der Waals surface area contributed by atoms with Crippen LogP contribution in [-0.2, 0) is 4.79 Å². The Morgan fingerprint density at radius 2 is 2.07 bits per heavy atom. The molecule has 1 amide bonds. The van der Waals surface area contributed by atoms with Crippen molar-refractivity contribution in [3.63, 3.8) is 0 Å². The first-order chi connectivity index (χ1) is 7.24. The van der Waals surface area contributed by atoms with Crippen molar-refractivity contribution in [3.8, 4) is 11.8 Å². The Balaban J connectivity index is 2.22. The Kier molecular flexibility index (Phi) is 5.20. The summed E-state index contributed by atoms with van der Waals surface area (Å²) in [6.07, 6.45) is 3.24. The minimum absolute atomic E-state index is 0.173. The highest BCUT2D eigenvalue weighted by Gasteiger charge is 2.20. The van der Waals surface area contributed by atoms with Gasteiger partial charge in [0.25, 0.3) is 0 Å². The van der Waals surface area contributed by atoms with Crippen LogP contribution in [0, 0.1) is 11.8 Å². The smallest absolute Gasteiger partial charge is 0.223 e. The summed E-state index contributed by atoms with van der Waals surface area (Å²) in [5, 5.41) is 9.29. The highest BCUT2D eigenvalue weighted by molar-refractivity contribution is 5.76. The molecule has 0 spiro atoms. The molecule has 0 aromatic rings. The van der Waals surface area contributed by atoms with Crippen molar-refractivity contribution in [1.82, 2.24) is 4.90 Å². The van der Waals surface area contributed by atoms with Crippen molar-refractivity contribution in [2.24, 2.45) is 0 Å². The van der Waals surface area contributed by atoms with E-state index in [1.54, 1.807) is 0 Å². The van der Waals surface area contributed by atoms with Crippen LogP contribution in [0.4, 0.5) is 0 Å². The van der Waals surface area contributed by atoms with Gasteiger partial charge in [-0.2, -0.15) is 0 Å². The number of likely N-dealkylation sites (tertiary alicyclic amines) is 1. The van der Waals surface area contributed by atoms with Crippen LogP contribution in [0.15, 0.2) is 0 Å². The second-order valence-electron chi connectivity index (χ2n) is 3.82. The fourth-order valence-electron chi connectivity index (χ4n) is 1.66. The van der Waals surface area contributed by atoms with Crippen molar-refractivity contribution >= 4 is 5.91 Å². The van der Waals surface area contributed by atoms with Crippen LogP contribution in [0.2, 0.25) is 0 Å². The number of carbonyl (C=O) groups excluding carboxylic acids is 1. The van der Waals surface area contributed by atoms with E-state index in [-0.39, 0.29) is 12.0 Å². The minimum Gasteiger partial charge on any atom is -0.393 e. The van der Waals surface area contributed by atoms with Crippen LogP contribution in [0.5, 0.6) is 0 Å². The van der Waals surface area contributed by atoms with Crippen LogP contribution >= 0.6 is 0 Å². The number of piperidine rings is 1. The lowest BCUT2D eigenvalue weighted by molar-refractivity contribution is -0.133. The molecule has 15 heavy (non-hydrogen) atoms. The summed E-state index contributed by atoms with van der Waals surface area (Å²) >= 11 is 0. The van der Waals surface area contributed by atoms with Gasteiger partial charge in [0.1, 0.15) is 0 Å². The molecule has 1 rings (SSSR count). The maximum absolute atomic E-state index is 11.6. The number of aliphatic hydroxyl groups is 1. The monoisotopic (exact) mass is 209 g/mol. The van der Waals surface area contributed by atoms with Crippen LogP contribution in [-0.4, -0.2) is 35.1 Å². The summed E-state index contributed by atoms with van der Waals surface area (Å²) in [4.78, 5) is 13.5. The van der Waals surface area contributed by atoms with Gasteiger partial charge in [0.2, 0.25) is 5.91 Å². The summed E-state index contributed by atoms with van der Waals surface area (Å²) in [5.41, 5.74) is 0. The molecule has 1 fully saturated rings. The summed E-state index contributed by atoms with van der Waals surface area (Å²) in [6, 6.07) is 0. The van der Waals surface area contributed by atoms with Crippen LogP contribution in [0.25, 0.3) is 0 Å². The Hall–Kier alpha value is -1.01. The molecule has 1 aliphatic heterocycles. The van der Waals surface area contributed by atoms with Gasteiger partial charge in [-0.1, -0.05) is 6.92 Å². The molecular weight excluding hydrogens is 190 g/mol. The molecule has 0 saturated carbocycles. The fourth-order valence-corrected chi connectivity index (χ4v) is 1.66. The zero-order valence-corrected chi connectivity index (χ0v) is 9.33. The topological polar surface area (TPSA) is 40.5 Å². The molecule has 0 unspecified atom stereocenters. The van der Waals surface area contributed by atoms with E-state index in [2.05, 4.69) is 11.8 Å². The van der Waals surface area contributed by atoms with Gasteiger partial charge < -0.3 is 10.0 Å². The van der Waals surface area contributed by atoms with E-state index in [0.29, 0.717) is 38.8 Å². The standard InChI is InChI=1S/C12H19NO2/c1-2-3-4-5-6-12(15)13-9-7-11(14)8-10-13/h11,14H,2,5-10H2,1H3. The van der Waals surface area contributed by atoms with Gasteiger partial charge in [-0.25, -0.2) is 0 Å². The second-order valence-corrected chi connectivity index (χ2v) is 3.82. The largest absolute Gasteiger partial charge is 0.393 e. The van der Waals surface area contributed by atoms with Gasteiger partial charge in [0.15, 0.2) is 0 Å². The average Bonchev–Trinajstić information content (AvgIpc) is 2.25. The van der Waals surface area contributed by atoms with Crippen molar-refractivity contribution < 1.29 is 9.90 Å². The predicted molar refractivity (Wildman–Crippen MR) is 59.1 cm³/mol. The Morgan fingerprint density at radius 1 is 1.40 bits per heavy atom. The molecule has 1 heterocycles. The summed E-state index contributed by atoms with van der Waals surface area (Å²) in [5.74, 6) is 6.09. The molecule has 0 atom stereocenters. The van der Waals surface area contributed by atoms with E-state index in [9.17, 15) is 9.90 Å². The molecule has 0 aromatic heterocycles. The molecular formula is C12H19NO2. The average molecular weight is 209 g/mol. The Bertz CT molecular complexity index is 257. The van der Waals surface area contributed by atoms with E-state index in [4.69, 9.17) is 0 Å². The Morgan fingerprint density at radius 3 is 2.67 bits per heavy atom. The van der Waals surface area contributed by atoms with Crippen molar-refractivity contribution in [1.29, 1.82) is 0 Å². The van der Waals surface area contributed by atoms with Gasteiger partial charge in [-0.15, -0.1) is 11.8 Å². The minimum atomic E-state index is -0.214. The van der Waals surface area contributed by atoms with E-state index in [0.717, 1.165) is 6.42 Å². The molecule has 0 bridgehead atoms. The van der Waals surface area contributed by atoms with E-state index < -0.39 is 0 Å². The third-order valence-corrected chi connectivity index (χ3v) is 2.58. The number of rotatable bonds is 2. The van der Waals surface area contributed by atoms with Gasteiger partial charge in [0, 0.05) is 32.4 Å². The maximum atomic E-state index is 11.6. The molecule has 0 aromatic carbocycles. The van der Waals surface area contributed by atoms with Crippen LogP contribution in [0.3, 0.4) is 0 Å². The molecule has 3 heteroatoms. The molecule has 1 aliphatic rings. The number of hydrogen-bond acceptors (Lipinski definition) is 2. The zero-order valence-electron chi connectivity index (χ0n) is 9.33. The number of carbonyl (C=O) groups is 1. The predicted octanol–water partition coefficient (Wildman–Crippen LogP) is 1.16. The van der Waals surface area contributed by atoms with Gasteiger partial charge >= 0.3 is 0 Å². The summed E-state index contributed by atoms with van der Waals surface area (Å²) < 4.78 is 0. The van der Waals surface area contributed by atoms with Crippen molar-refractivity contribution in [2.75, 3.05) is 13.1 Å². The molecule has 3 nitrogen and oxygen atoms in total. The maximum Gasteiger partial charge on any atom is 0.223 e. The molecule has 1 saturated heterocycles. The highest BCUT2D eigenvalue weighted by Crippen LogP contribution is 2.11. The number of hydrogen-bond donors (Lipinski definition) is 1. The molecule has 0 radical (unpaired) electrons. The second kappa shape index (κ2) is 6.47. The lowest BCUT2D eigenvalue weighted by Gasteiger charge is -2.29. The third-order valence-electron chi connectivity index (χ3n) is 2.58. The normalized spacial score (nSPS) is 17.1. The third kappa shape index (κ3) is 4.35. The summed E-state index contributed by atoms with van der Waals surface area (Å²) in [6.45, 7) is 3.39. The highest BCUT2D eigenvalue weighted by atomic mass is 16.3. The zero-order chi connectivity index (χ0) is 11.1. The molecule has 84 valence electrons. The number of nitrogens with zero attached hydrogens (tertiary/aromatic N) is 1. The van der Waals surface area contributed by atoms with E-state index in [1.165, 1.54) is 0 Å². The summed E-state index contributed by atoms with van der Waals surface area (Å²) in [7, 11) is 0. The van der Waals surface area contributed by atoms with E-state index in [1.807, 2.05) is 11.8 Å².